The van der Waals surface area contributed by atoms with Crippen LogP contribution in [-0.4, -0.2) is 31.3 Å². The van der Waals surface area contributed by atoms with Gasteiger partial charge in [-0.3, -0.25) is 4.79 Å². The summed E-state index contributed by atoms with van der Waals surface area (Å²) in [5, 5.41) is 2.78. The lowest BCUT2D eigenvalue weighted by Gasteiger charge is -2.08. The lowest BCUT2D eigenvalue weighted by atomic mass is 10.2. The summed E-state index contributed by atoms with van der Waals surface area (Å²) in [6.45, 7) is 2.65. The lowest BCUT2D eigenvalue weighted by molar-refractivity contribution is -0.118. The van der Waals surface area contributed by atoms with Crippen LogP contribution in [0.4, 0.5) is 5.69 Å². The van der Waals surface area contributed by atoms with Crippen LogP contribution in [0, 0.1) is 0 Å². The first-order valence-corrected chi connectivity index (χ1v) is 6.94. The average Bonchev–Trinajstić information content (AvgIpc) is 2.42. The number of benzene rings is 1. The predicted octanol–water partition coefficient (Wildman–Crippen LogP) is 1.67. The molecule has 1 rings (SSSR count). The number of rotatable bonds is 6. The summed E-state index contributed by atoms with van der Waals surface area (Å²) in [7, 11) is 1.31. The van der Waals surface area contributed by atoms with Gasteiger partial charge in [-0.05, 0) is 24.6 Å². The van der Waals surface area contributed by atoms with Crippen LogP contribution in [0.5, 0.6) is 0 Å². The second-order valence-corrected chi connectivity index (χ2v) is 4.90. The Morgan fingerprint density at radius 1 is 1.42 bits per heavy atom. The van der Waals surface area contributed by atoms with Gasteiger partial charge in [-0.15, -0.1) is 11.8 Å². The van der Waals surface area contributed by atoms with Gasteiger partial charge in [-0.1, -0.05) is 6.92 Å². The van der Waals surface area contributed by atoms with E-state index in [-0.39, 0.29) is 11.7 Å². The fourth-order valence-corrected chi connectivity index (χ4v) is 2.25. The first kappa shape index (κ1) is 15.4. The topological polar surface area (TPSA) is 81.4 Å². The average molecular weight is 282 g/mol. The minimum Gasteiger partial charge on any atom is -0.465 e. The van der Waals surface area contributed by atoms with Crippen molar-refractivity contribution >= 4 is 29.3 Å². The summed E-state index contributed by atoms with van der Waals surface area (Å²) in [5.41, 5.74) is 6.52. The van der Waals surface area contributed by atoms with Crippen molar-refractivity contribution in [3.05, 3.63) is 23.8 Å². The van der Waals surface area contributed by atoms with Crippen LogP contribution in [0.1, 0.15) is 23.7 Å². The van der Waals surface area contributed by atoms with E-state index < -0.39 is 5.97 Å². The van der Waals surface area contributed by atoms with Gasteiger partial charge in [-0.2, -0.15) is 0 Å². The van der Waals surface area contributed by atoms with E-state index in [0.29, 0.717) is 22.7 Å². The monoisotopic (exact) mass is 282 g/mol. The van der Waals surface area contributed by atoms with E-state index in [1.165, 1.54) is 18.9 Å². The number of nitrogens with two attached hydrogens (primary N) is 1. The lowest BCUT2D eigenvalue weighted by Crippen LogP contribution is -2.25. The number of carbonyl (C=O) groups excluding carboxylic acids is 2. The van der Waals surface area contributed by atoms with Crippen LogP contribution in [-0.2, 0) is 9.53 Å². The molecule has 0 heterocycles. The number of anilines is 1. The Balaban J connectivity index is 2.72. The minimum atomic E-state index is -0.455. The Labute approximate surface area is 116 Å². The molecule has 0 saturated heterocycles. The van der Waals surface area contributed by atoms with E-state index in [4.69, 9.17) is 10.5 Å². The number of hydrogen-bond acceptors (Lipinski definition) is 5. The van der Waals surface area contributed by atoms with Crippen LogP contribution < -0.4 is 11.1 Å². The zero-order valence-electron chi connectivity index (χ0n) is 11.1. The predicted molar refractivity (Wildman–Crippen MR) is 76.2 cm³/mol. The molecule has 0 spiro atoms. The number of carbonyl (C=O) groups is 2. The molecule has 0 aliphatic rings. The fraction of sp³-hybridized carbons (Fsp3) is 0.385. The molecule has 0 aliphatic heterocycles. The molecule has 0 atom stereocenters. The van der Waals surface area contributed by atoms with Crippen molar-refractivity contribution in [2.45, 2.75) is 18.2 Å². The van der Waals surface area contributed by atoms with Crippen LogP contribution >= 0.6 is 11.8 Å². The van der Waals surface area contributed by atoms with Crippen molar-refractivity contribution in [2.75, 3.05) is 25.1 Å². The first-order chi connectivity index (χ1) is 9.08. The highest BCUT2D eigenvalue weighted by molar-refractivity contribution is 8.00. The van der Waals surface area contributed by atoms with E-state index in [9.17, 15) is 9.59 Å². The van der Waals surface area contributed by atoms with Gasteiger partial charge in [0.05, 0.1) is 18.4 Å². The van der Waals surface area contributed by atoms with Gasteiger partial charge in [0, 0.05) is 17.1 Å². The number of ether oxygens (including phenoxy) is 1. The van der Waals surface area contributed by atoms with E-state index >= 15 is 0 Å². The number of amides is 1. The van der Waals surface area contributed by atoms with E-state index in [1.807, 2.05) is 6.92 Å². The molecular formula is C13H18N2O3S. The second-order valence-electron chi connectivity index (χ2n) is 3.89. The highest BCUT2D eigenvalue weighted by Gasteiger charge is 2.13. The summed E-state index contributed by atoms with van der Waals surface area (Å²) in [6, 6.07) is 4.97. The van der Waals surface area contributed by atoms with Gasteiger partial charge >= 0.3 is 5.97 Å². The molecule has 0 aromatic heterocycles. The Morgan fingerprint density at radius 2 is 2.16 bits per heavy atom. The quantitative estimate of drug-likeness (QED) is 0.471. The normalized spacial score (nSPS) is 10.0. The molecule has 0 saturated carbocycles. The minimum absolute atomic E-state index is 0.0560. The molecule has 1 aromatic carbocycles. The Morgan fingerprint density at radius 3 is 2.79 bits per heavy atom. The van der Waals surface area contributed by atoms with E-state index in [2.05, 4.69) is 5.32 Å². The van der Waals surface area contributed by atoms with Gasteiger partial charge in [0.15, 0.2) is 0 Å². The van der Waals surface area contributed by atoms with Gasteiger partial charge in [0.25, 0.3) is 0 Å². The third-order valence-electron chi connectivity index (χ3n) is 2.34. The van der Waals surface area contributed by atoms with Crippen molar-refractivity contribution in [3.8, 4) is 0 Å². The summed E-state index contributed by atoms with van der Waals surface area (Å²) in [5.74, 6) is -0.253. The number of nitrogens with one attached hydrogen (secondary N) is 1. The third-order valence-corrected chi connectivity index (χ3v) is 3.41. The molecule has 6 heteroatoms. The van der Waals surface area contributed by atoms with Crippen LogP contribution in [0.15, 0.2) is 23.1 Å². The Bertz CT molecular complexity index is 463. The maximum Gasteiger partial charge on any atom is 0.339 e. The summed E-state index contributed by atoms with van der Waals surface area (Å²) in [6.07, 6.45) is 0.895. The molecule has 19 heavy (non-hydrogen) atoms. The van der Waals surface area contributed by atoms with Gasteiger partial charge in [0.2, 0.25) is 5.91 Å². The molecule has 0 unspecified atom stereocenters. The number of esters is 1. The standard InChI is InChI=1S/C13H18N2O3S/c1-3-6-15-12(16)8-19-11-5-4-9(14)7-10(11)13(17)18-2/h4-5,7H,3,6,8,14H2,1-2H3,(H,15,16). The number of thioether (sulfide) groups is 1. The second kappa shape index (κ2) is 7.68. The zero-order chi connectivity index (χ0) is 14.3. The van der Waals surface area contributed by atoms with Crippen molar-refractivity contribution in [3.63, 3.8) is 0 Å². The summed E-state index contributed by atoms with van der Waals surface area (Å²) in [4.78, 5) is 23.8. The third kappa shape index (κ3) is 4.82. The maximum atomic E-state index is 11.6. The van der Waals surface area contributed by atoms with Crippen molar-refractivity contribution in [2.24, 2.45) is 0 Å². The first-order valence-electron chi connectivity index (χ1n) is 5.95. The largest absolute Gasteiger partial charge is 0.465 e. The molecule has 5 nitrogen and oxygen atoms in total. The van der Waals surface area contributed by atoms with Crippen molar-refractivity contribution < 1.29 is 14.3 Å². The number of hydrogen-bond donors (Lipinski definition) is 2. The molecule has 1 aromatic rings. The molecule has 1 amide bonds. The van der Waals surface area contributed by atoms with Gasteiger partial charge in [-0.25, -0.2) is 4.79 Å². The SMILES string of the molecule is CCCNC(=O)CSc1ccc(N)cc1C(=O)OC. The molecule has 3 N–H and O–H groups in total. The zero-order valence-corrected chi connectivity index (χ0v) is 11.9. The van der Waals surface area contributed by atoms with Crippen LogP contribution in [0.25, 0.3) is 0 Å². The maximum absolute atomic E-state index is 11.6. The number of methoxy groups -OCH3 is 1. The molecule has 0 radical (unpaired) electrons. The molecule has 0 fully saturated rings. The smallest absolute Gasteiger partial charge is 0.339 e. The molecule has 0 aliphatic carbocycles. The number of nitrogen functional groups attached to an aromatic ring is 1. The van der Waals surface area contributed by atoms with Gasteiger partial charge < -0.3 is 15.8 Å². The highest BCUT2D eigenvalue weighted by Crippen LogP contribution is 2.25. The Kier molecular flexibility index (Phi) is 6.21. The van der Waals surface area contributed by atoms with E-state index in [0.717, 1.165) is 6.42 Å². The Hall–Kier alpha value is -1.69. The summed E-state index contributed by atoms with van der Waals surface area (Å²) < 4.78 is 4.70. The molecule has 0 bridgehead atoms. The van der Waals surface area contributed by atoms with Crippen molar-refractivity contribution in [1.29, 1.82) is 0 Å². The van der Waals surface area contributed by atoms with Crippen LogP contribution in [0.2, 0.25) is 0 Å². The highest BCUT2D eigenvalue weighted by atomic mass is 32.2. The van der Waals surface area contributed by atoms with E-state index in [1.54, 1.807) is 18.2 Å². The molecular weight excluding hydrogens is 264 g/mol. The summed E-state index contributed by atoms with van der Waals surface area (Å²) >= 11 is 1.29. The molecule has 104 valence electrons. The van der Waals surface area contributed by atoms with Gasteiger partial charge in [0.1, 0.15) is 0 Å². The van der Waals surface area contributed by atoms with Crippen LogP contribution in [0.3, 0.4) is 0 Å². The van der Waals surface area contributed by atoms with Crippen molar-refractivity contribution in [1.82, 2.24) is 5.32 Å². The fourth-order valence-electron chi connectivity index (χ4n) is 1.40.